The summed E-state index contributed by atoms with van der Waals surface area (Å²) in [6, 6.07) is 20.9. The first-order chi connectivity index (χ1) is 11.2. The first-order valence-corrected chi connectivity index (χ1v) is 8.41. The Kier molecular flexibility index (Phi) is 3.36. The predicted molar refractivity (Wildman–Crippen MR) is 99.6 cm³/mol. The molecule has 3 heteroatoms. The van der Waals surface area contributed by atoms with E-state index >= 15 is 0 Å². The van der Waals surface area contributed by atoms with Crippen LogP contribution >= 0.6 is 11.3 Å². The Labute approximate surface area is 139 Å². The lowest BCUT2D eigenvalue weighted by molar-refractivity contribution is 1.35. The van der Waals surface area contributed by atoms with Gasteiger partial charge < -0.3 is 5.73 Å². The predicted octanol–water partition coefficient (Wildman–Crippen LogP) is 5.52. The highest BCUT2D eigenvalue weighted by Crippen LogP contribution is 2.40. The summed E-state index contributed by atoms with van der Waals surface area (Å²) in [5.41, 5.74) is 10.7. The van der Waals surface area contributed by atoms with E-state index < -0.39 is 0 Å². The molecule has 0 saturated heterocycles. The van der Waals surface area contributed by atoms with Crippen molar-refractivity contribution in [3.05, 3.63) is 71.6 Å². The second-order valence-electron chi connectivity index (χ2n) is 5.61. The number of fused-ring (bicyclic) bond motifs is 1. The molecule has 4 aromatic rings. The first-order valence-electron chi connectivity index (χ1n) is 7.53. The van der Waals surface area contributed by atoms with Crippen LogP contribution in [0.3, 0.4) is 0 Å². The quantitative estimate of drug-likeness (QED) is 0.529. The minimum atomic E-state index is 0.580. The molecule has 0 aliphatic carbocycles. The number of nitrogens with zero attached hydrogens (tertiary/aromatic N) is 1. The van der Waals surface area contributed by atoms with Gasteiger partial charge in [-0.05, 0) is 23.8 Å². The number of nitrogen functional groups attached to an aromatic ring is 1. The summed E-state index contributed by atoms with van der Waals surface area (Å²) in [6.45, 7) is 2.09. The fraction of sp³-hybridized carbons (Fsp3) is 0.0500. The van der Waals surface area contributed by atoms with E-state index in [-0.39, 0.29) is 0 Å². The number of anilines is 1. The zero-order chi connectivity index (χ0) is 15.8. The van der Waals surface area contributed by atoms with Gasteiger partial charge in [0.05, 0.1) is 5.69 Å². The lowest BCUT2D eigenvalue weighted by Gasteiger charge is -2.13. The van der Waals surface area contributed by atoms with Crippen molar-refractivity contribution in [1.82, 2.24) is 4.98 Å². The minimum absolute atomic E-state index is 0.580. The molecule has 23 heavy (non-hydrogen) atoms. The van der Waals surface area contributed by atoms with Crippen LogP contribution in [-0.2, 0) is 0 Å². The third-order valence-electron chi connectivity index (χ3n) is 4.03. The maximum atomic E-state index is 6.24. The van der Waals surface area contributed by atoms with Crippen molar-refractivity contribution >= 4 is 27.9 Å². The molecule has 2 nitrogen and oxygen atoms in total. The molecule has 2 aromatic carbocycles. The zero-order valence-electron chi connectivity index (χ0n) is 12.8. The molecule has 2 N–H and O–H groups in total. The van der Waals surface area contributed by atoms with Gasteiger partial charge in [0, 0.05) is 21.4 Å². The highest BCUT2D eigenvalue weighted by molar-refractivity contribution is 7.13. The van der Waals surface area contributed by atoms with E-state index in [0.717, 1.165) is 27.6 Å². The Morgan fingerprint density at radius 2 is 1.61 bits per heavy atom. The Hall–Kier alpha value is -2.65. The number of nitrogens with two attached hydrogens (primary N) is 1. The van der Waals surface area contributed by atoms with Crippen LogP contribution in [0.5, 0.6) is 0 Å². The van der Waals surface area contributed by atoms with E-state index in [4.69, 9.17) is 10.7 Å². The van der Waals surface area contributed by atoms with E-state index in [9.17, 15) is 0 Å². The minimum Gasteiger partial charge on any atom is -0.383 e. The third kappa shape index (κ3) is 2.39. The topological polar surface area (TPSA) is 38.9 Å². The van der Waals surface area contributed by atoms with Gasteiger partial charge in [-0.1, -0.05) is 60.2 Å². The number of aromatic nitrogens is 1. The van der Waals surface area contributed by atoms with Gasteiger partial charge in [-0.2, -0.15) is 0 Å². The SMILES string of the molecule is Cc1ccc(-c2nc(N)c3ccccc3c2-c2cccs2)cc1. The number of benzene rings is 2. The molecular weight excluding hydrogens is 300 g/mol. The molecule has 0 amide bonds. The number of aryl methyl sites for hydroxylation is 1. The van der Waals surface area contributed by atoms with Crippen LogP contribution in [0.4, 0.5) is 5.82 Å². The number of rotatable bonds is 2. The van der Waals surface area contributed by atoms with Gasteiger partial charge in [0.15, 0.2) is 0 Å². The van der Waals surface area contributed by atoms with Crippen LogP contribution in [0.1, 0.15) is 5.56 Å². The van der Waals surface area contributed by atoms with Crippen molar-refractivity contribution in [1.29, 1.82) is 0 Å². The maximum Gasteiger partial charge on any atom is 0.132 e. The molecule has 0 fully saturated rings. The Balaban J connectivity index is 2.11. The van der Waals surface area contributed by atoms with Gasteiger partial charge in [-0.25, -0.2) is 4.98 Å². The lowest BCUT2D eigenvalue weighted by atomic mass is 9.97. The van der Waals surface area contributed by atoms with Gasteiger partial charge in [0.1, 0.15) is 5.82 Å². The van der Waals surface area contributed by atoms with Crippen molar-refractivity contribution in [2.24, 2.45) is 0 Å². The Morgan fingerprint density at radius 3 is 2.30 bits per heavy atom. The Bertz CT molecular complexity index is 971. The zero-order valence-corrected chi connectivity index (χ0v) is 13.6. The molecule has 2 aromatic heterocycles. The largest absolute Gasteiger partial charge is 0.383 e. The second kappa shape index (κ2) is 5.52. The van der Waals surface area contributed by atoms with Crippen LogP contribution in [0.15, 0.2) is 66.0 Å². The van der Waals surface area contributed by atoms with Gasteiger partial charge in [-0.15, -0.1) is 11.3 Å². The summed E-state index contributed by atoms with van der Waals surface area (Å²) in [4.78, 5) is 5.95. The van der Waals surface area contributed by atoms with Crippen LogP contribution in [0, 0.1) is 6.92 Å². The smallest absolute Gasteiger partial charge is 0.132 e. The molecular formula is C20H16N2S. The first kappa shape index (κ1) is 14.0. The Morgan fingerprint density at radius 1 is 0.870 bits per heavy atom. The molecule has 112 valence electrons. The molecule has 0 radical (unpaired) electrons. The molecule has 0 aliphatic rings. The van der Waals surface area contributed by atoms with E-state index in [1.54, 1.807) is 11.3 Å². The number of pyridine rings is 1. The molecule has 0 bridgehead atoms. The number of hydrogen-bond donors (Lipinski definition) is 1. The van der Waals surface area contributed by atoms with Crippen LogP contribution < -0.4 is 5.73 Å². The monoisotopic (exact) mass is 316 g/mol. The van der Waals surface area contributed by atoms with E-state index in [1.165, 1.54) is 10.4 Å². The van der Waals surface area contributed by atoms with Crippen molar-refractivity contribution in [2.75, 3.05) is 5.73 Å². The van der Waals surface area contributed by atoms with Gasteiger partial charge >= 0.3 is 0 Å². The lowest BCUT2D eigenvalue weighted by Crippen LogP contribution is -1.97. The number of hydrogen-bond acceptors (Lipinski definition) is 3. The summed E-state index contributed by atoms with van der Waals surface area (Å²) < 4.78 is 0. The van der Waals surface area contributed by atoms with Crippen molar-refractivity contribution < 1.29 is 0 Å². The highest BCUT2D eigenvalue weighted by Gasteiger charge is 2.16. The van der Waals surface area contributed by atoms with Crippen molar-refractivity contribution in [3.8, 4) is 21.7 Å². The summed E-state index contributed by atoms with van der Waals surface area (Å²) in [5, 5.41) is 4.25. The fourth-order valence-corrected chi connectivity index (χ4v) is 3.66. The molecule has 0 aliphatic heterocycles. The van der Waals surface area contributed by atoms with Gasteiger partial charge in [0.25, 0.3) is 0 Å². The summed E-state index contributed by atoms with van der Waals surface area (Å²) >= 11 is 1.73. The summed E-state index contributed by atoms with van der Waals surface area (Å²) in [7, 11) is 0. The van der Waals surface area contributed by atoms with Crippen LogP contribution in [0.2, 0.25) is 0 Å². The average molecular weight is 316 g/mol. The average Bonchev–Trinajstić information content (AvgIpc) is 3.10. The summed E-state index contributed by atoms with van der Waals surface area (Å²) in [6.07, 6.45) is 0. The van der Waals surface area contributed by atoms with Crippen molar-refractivity contribution in [2.45, 2.75) is 6.92 Å². The van der Waals surface area contributed by atoms with E-state index in [2.05, 4.69) is 60.8 Å². The van der Waals surface area contributed by atoms with Crippen LogP contribution in [0.25, 0.3) is 32.5 Å². The molecule has 0 spiro atoms. The second-order valence-corrected chi connectivity index (χ2v) is 6.56. The van der Waals surface area contributed by atoms with Gasteiger partial charge in [0.2, 0.25) is 0 Å². The van der Waals surface area contributed by atoms with Crippen LogP contribution in [-0.4, -0.2) is 4.98 Å². The highest BCUT2D eigenvalue weighted by atomic mass is 32.1. The van der Waals surface area contributed by atoms with Gasteiger partial charge in [-0.3, -0.25) is 0 Å². The molecule has 0 unspecified atom stereocenters. The standard InChI is InChI=1S/C20H16N2S/c1-13-8-10-14(11-9-13)19-18(17-7-4-12-23-17)15-5-2-3-6-16(15)20(21)22-19/h2-12H,1H3,(H2,21,22). The van der Waals surface area contributed by atoms with E-state index in [0.29, 0.717) is 5.82 Å². The maximum absolute atomic E-state index is 6.24. The normalized spacial score (nSPS) is 11.0. The fourth-order valence-electron chi connectivity index (χ4n) is 2.88. The number of thiophene rings is 1. The molecule has 0 saturated carbocycles. The van der Waals surface area contributed by atoms with E-state index in [1.807, 2.05) is 12.1 Å². The van der Waals surface area contributed by atoms with Crippen molar-refractivity contribution in [3.63, 3.8) is 0 Å². The molecule has 2 heterocycles. The molecule has 4 rings (SSSR count). The third-order valence-corrected chi connectivity index (χ3v) is 4.92. The molecule has 0 atom stereocenters. The summed E-state index contributed by atoms with van der Waals surface area (Å²) in [5.74, 6) is 0.580.